The van der Waals surface area contributed by atoms with Crippen LogP contribution in [0.4, 0.5) is 0 Å². The molecule has 0 aliphatic rings. The Morgan fingerprint density at radius 1 is 1.00 bits per heavy atom. The molecule has 1 atom stereocenters. The molecule has 0 radical (unpaired) electrons. The highest BCUT2D eigenvalue weighted by Crippen LogP contribution is 1.99. The van der Waals surface area contributed by atoms with Crippen LogP contribution >= 0.6 is 0 Å². The lowest BCUT2D eigenvalue weighted by molar-refractivity contribution is -0.117. The number of aliphatic hydroxyl groups excluding tert-OH is 1. The zero-order valence-corrected chi connectivity index (χ0v) is 10.9. The lowest BCUT2D eigenvalue weighted by atomic mass is 10.4. The van der Waals surface area contributed by atoms with Crippen molar-refractivity contribution < 1.29 is 14.6 Å². The Labute approximate surface area is 99.5 Å². The average molecular weight is 233 g/mol. The Kier molecular flexibility index (Phi) is 11.2. The van der Waals surface area contributed by atoms with Crippen LogP contribution in [-0.4, -0.2) is 42.9 Å². The number of unbranched alkanes of at least 4 members (excludes halogenated alkanes) is 2. The molecule has 0 amide bonds. The summed E-state index contributed by atoms with van der Waals surface area (Å²) in [5.41, 5.74) is 0. The highest BCUT2D eigenvalue weighted by molar-refractivity contribution is 4.47. The van der Waals surface area contributed by atoms with Gasteiger partial charge in [-0.05, 0) is 19.8 Å². The van der Waals surface area contributed by atoms with E-state index in [9.17, 15) is 5.11 Å². The summed E-state index contributed by atoms with van der Waals surface area (Å²) in [6.45, 7) is 8.34. The fourth-order valence-corrected chi connectivity index (χ4v) is 1.11. The third kappa shape index (κ3) is 9.09. The Balaban J connectivity index is 3.54. The molecule has 0 aromatic carbocycles. The molecule has 16 heavy (non-hydrogen) atoms. The van der Waals surface area contributed by atoms with E-state index in [1.165, 1.54) is 0 Å². The minimum atomic E-state index is -0.525. The van der Waals surface area contributed by atoms with Gasteiger partial charge in [-0.15, -0.1) is 0 Å². The van der Waals surface area contributed by atoms with Gasteiger partial charge in [0, 0.05) is 13.2 Å². The van der Waals surface area contributed by atoms with Crippen molar-refractivity contribution in [2.45, 2.75) is 52.7 Å². The SMILES string of the molecule is CCCCOCN(COCCCC)C(C)O. The van der Waals surface area contributed by atoms with Crippen LogP contribution in [0.25, 0.3) is 0 Å². The number of hydrogen-bond acceptors (Lipinski definition) is 4. The predicted molar refractivity (Wildman–Crippen MR) is 65.0 cm³/mol. The molecule has 0 rings (SSSR count). The standard InChI is InChI=1S/C12H27NO3/c1-4-6-8-15-10-13(12(3)14)11-16-9-7-5-2/h12,14H,4-11H2,1-3H3. The summed E-state index contributed by atoms with van der Waals surface area (Å²) >= 11 is 0. The maximum Gasteiger partial charge on any atom is 0.108 e. The van der Waals surface area contributed by atoms with Crippen LogP contribution in [0.1, 0.15) is 46.5 Å². The maximum absolute atomic E-state index is 9.49. The minimum absolute atomic E-state index is 0.434. The van der Waals surface area contributed by atoms with Crippen LogP contribution in [0.3, 0.4) is 0 Å². The van der Waals surface area contributed by atoms with E-state index >= 15 is 0 Å². The molecular weight excluding hydrogens is 206 g/mol. The second-order valence-corrected chi connectivity index (χ2v) is 4.00. The maximum atomic E-state index is 9.49. The quantitative estimate of drug-likeness (QED) is 0.439. The highest BCUT2D eigenvalue weighted by Gasteiger charge is 2.10. The first-order valence-corrected chi connectivity index (χ1v) is 6.30. The smallest absolute Gasteiger partial charge is 0.108 e. The molecule has 0 spiro atoms. The number of rotatable bonds is 11. The molecule has 0 saturated heterocycles. The number of ether oxygens (including phenoxy) is 2. The van der Waals surface area contributed by atoms with Gasteiger partial charge in [0.05, 0.1) is 0 Å². The zero-order valence-electron chi connectivity index (χ0n) is 10.9. The van der Waals surface area contributed by atoms with Crippen LogP contribution in [0.15, 0.2) is 0 Å². The zero-order chi connectivity index (χ0) is 12.2. The molecule has 0 aromatic rings. The molecule has 98 valence electrons. The van der Waals surface area contributed by atoms with Gasteiger partial charge in [0.2, 0.25) is 0 Å². The van der Waals surface area contributed by atoms with Gasteiger partial charge in [0.1, 0.15) is 19.7 Å². The van der Waals surface area contributed by atoms with Gasteiger partial charge in [-0.1, -0.05) is 26.7 Å². The third-order valence-electron chi connectivity index (χ3n) is 2.33. The fraction of sp³-hybridized carbons (Fsp3) is 1.00. The van der Waals surface area contributed by atoms with Gasteiger partial charge >= 0.3 is 0 Å². The van der Waals surface area contributed by atoms with E-state index < -0.39 is 6.23 Å². The van der Waals surface area contributed by atoms with Crippen molar-refractivity contribution in [1.82, 2.24) is 4.90 Å². The van der Waals surface area contributed by atoms with Gasteiger partial charge in [-0.2, -0.15) is 0 Å². The Bertz CT molecular complexity index is 130. The molecule has 0 fully saturated rings. The summed E-state index contributed by atoms with van der Waals surface area (Å²) < 4.78 is 10.9. The van der Waals surface area contributed by atoms with Crippen LogP contribution in [0.5, 0.6) is 0 Å². The molecule has 0 bridgehead atoms. The Morgan fingerprint density at radius 2 is 1.44 bits per heavy atom. The molecule has 0 aliphatic carbocycles. The van der Waals surface area contributed by atoms with E-state index in [1.807, 2.05) is 0 Å². The van der Waals surface area contributed by atoms with Crippen molar-refractivity contribution in [2.24, 2.45) is 0 Å². The summed E-state index contributed by atoms with van der Waals surface area (Å²) in [5, 5.41) is 9.49. The van der Waals surface area contributed by atoms with E-state index in [1.54, 1.807) is 11.8 Å². The van der Waals surface area contributed by atoms with Gasteiger partial charge in [-0.3, -0.25) is 0 Å². The van der Waals surface area contributed by atoms with E-state index in [0.29, 0.717) is 13.5 Å². The van der Waals surface area contributed by atoms with Crippen LogP contribution in [0.2, 0.25) is 0 Å². The fourth-order valence-electron chi connectivity index (χ4n) is 1.11. The molecule has 4 heteroatoms. The first-order chi connectivity index (χ1) is 7.72. The monoisotopic (exact) mass is 233 g/mol. The van der Waals surface area contributed by atoms with E-state index in [4.69, 9.17) is 9.47 Å². The lowest BCUT2D eigenvalue weighted by Crippen LogP contribution is -2.37. The Hall–Kier alpha value is -0.160. The Morgan fingerprint density at radius 3 is 1.75 bits per heavy atom. The largest absolute Gasteiger partial charge is 0.379 e. The molecule has 0 aromatic heterocycles. The molecule has 1 unspecified atom stereocenters. The van der Waals surface area contributed by atoms with Crippen molar-refractivity contribution in [3.63, 3.8) is 0 Å². The second kappa shape index (κ2) is 11.3. The predicted octanol–water partition coefficient (Wildman–Crippen LogP) is 2.18. The molecule has 0 aliphatic heterocycles. The highest BCUT2D eigenvalue weighted by atomic mass is 16.5. The van der Waals surface area contributed by atoms with E-state index in [2.05, 4.69) is 13.8 Å². The van der Waals surface area contributed by atoms with Crippen molar-refractivity contribution in [2.75, 3.05) is 26.7 Å². The summed E-state index contributed by atoms with van der Waals surface area (Å²) in [5.74, 6) is 0. The summed E-state index contributed by atoms with van der Waals surface area (Å²) in [7, 11) is 0. The number of nitrogens with zero attached hydrogens (tertiary/aromatic N) is 1. The second-order valence-electron chi connectivity index (χ2n) is 4.00. The summed E-state index contributed by atoms with van der Waals surface area (Å²) in [6, 6.07) is 0. The molecule has 4 nitrogen and oxygen atoms in total. The van der Waals surface area contributed by atoms with Crippen molar-refractivity contribution >= 4 is 0 Å². The van der Waals surface area contributed by atoms with Crippen LogP contribution < -0.4 is 0 Å². The van der Waals surface area contributed by atoms with E-state index in [0.717, 1.165) is 38.9 Å². The number of aliphatic hydroxyl groups is 1. The van der Waals surface area contributed by atoms with Gasteiger partial charge in [-0.25, -0.2) is 4.90 Å². The van der Waals surface area contributed by atoms with E-state index in [-0.39, 0.29) is 0 Å². The minimum Gasteiger partial charge on any atom is -0.379 e. The molecule has 1 N–H and O–H groups in total. The van der Waals surface area contributed by atoms with Crippen LogP contribution in [-0.2, 0) is 9.47 Å². The summed E-state index contributed by atoms with van der Waals surface area (Å²) in [6.07, 6.45) is 3.85. The van der Waals surface area contributed by atoms with Crippen molar-refractivity contribution in [1.29, 1.82) is 0 Å². The van der Waals surface area contributed by atoms with Gasteiger partial charge in [0.15, 0.2) is 0 Å². The number of hydrogen-bond donors (Lipinski definition) is 1. The topological polar surface area (TPSA) is 41.9 Å². The lowest BCUT2D eigenvalue weighted by Gasteiger charge is -2.24. The third-order valence-corrected chi connectivity index (χ3v) is 2.33. The molecule has 0 saturated carbocycles. The first kappa shape index (κ1) is 15.8. The van der Waals surface area contributed by atoms with Crippen LogP contribution in [0, 0.1) is 0 Å². The summed E-state index contributed by atoms with van der Waals surface area (Å²) in [4.78, 5) is 1.77. The molecular formula is C12H27NO3. The normalized spacial score (nSPS) is 13.3. The first-order valence-electron chi connectivity index (χ1n) is 6.30. The van der Waals surface area contributed by atoms with Gasteiger partial charge < -0.3 is 14.6 Å². The molecule has 0 heterocycles. The average Bonchev–Trinajstić information content (AvgIpc) is 2.26. The van der Waals surface area contributed by atoms with Crippen molar-refractivity contribution in [3.05, 3.63) is 0 Å². The van der Waals surface area contributed by atoms with Crippen molar-refractivity contribution in [3.8, 4) is 0 Å². The van der Waals surface area contributed by atoms with Gasteiger partial charge in [0.25, 0.3) is 0 Å².